The molecular weight excluding hydrogens is 374 g/mol. The largest absolute Gasteiger partial charge is 0.495 e. The summed E-state index contributed by atoms with van der Waals surface area (Å²) in [5.74, 6) is 0.938. The van der Waals surface area contributed by atoms with Crippen molar-refractivity contribution >= 4 is 23.4 Å². The minimum Gasteiger partial charge on any atom is -0.495 e. The highest BCUT2D eigenvalue weighted by atomic mass is 32.2. The van der Waals surface area contributed by atoms with Crippen molar-refractivity contribution in [2.75, 3.05) is 18.7 Å². The highest BCUT2D eigenvalue weighted by Gasteiger charge is 2.36. The van der Waals surface area contributed by atoms with E-state index in [2.05, 4.69) is 16.7 Å². The van der Waals surface area contributed by atoms with Crippen molar-refractivity contribution in [1.29, 1.82) is 5.26 Å². The van der Waals surface area contributed by atoms with Crippen LogP contribution >= 0.6 is 11.8 Å². The number of nitrogens with one attached hydrogen (secondary N) is 2. The van der Waals surface area contributed by atoms with Crippen LogP contribution in [0.3, 0.4) is 0 Å². The minimum absolute atomic E-state index is 0.318. The molecule has 1 amide bonds. The number of anilines is 1. The number of allylic oxidation sites excluding steroid dienone is 2. The zero-order chi connectivity index (χ0) is 20.3. The van der Waals surface area contributed by atoms with Gasteiger partial charge in [-0.1, -0.05) is 12.1 Å². The van der Waals surface area contributed by atoms with Crippen LogP contribution < -0.4 is 15.4 Å². The summed E-state index contributed by atoms with van der Waals surface area (Å²) in [6.07, 6.45) is 1.89. The highest BCUT2D eigenvalue weighted by molar-refractivity contribution is 8.02. The first-order valence-electron chi connectivity index (χ1n) is 8.66. The number of amides is 1. The third kappa shape index (κ3) is 3.64. The van der Waals surface area contributed by atoms with E-state index in [4.69, 9.17) is 9.15 Å². The van der Waals surface area contributed by atoms with Gasteiger partial charge in [0, 0.05) is 5.70 Å². The normalized spacial score (nSPS) is 16.5. The van der Waals surface area contributed by atoms with Gasteiger partial charge in [-0.2, -0.15) is 5.26 Å². The summed E-state index contributed by atoms with van der Waals surface area (Å²) < 4.78 is 11.1. The maximum absolute atomic E-state index is 13.2. The van der Waals surface area contributed by atoms with Gasteiger partial charge in [0.05, 0.1) is 41.0 Å². The molecule has 28 heavy (non-hydrogen) atoms. The number of benzene rings is 1. The average Bonchev–Trinajstić information content (AvgIpc) is 3.13. The SMILES string of the molecule is COc1ccccc1NC(=O)C1=C(C)NC(SC)=C(C#N)[C@@H]1c1ccc(C)o1. The van der Waals surface area contributed by atoms with Crippen molar-refractivity contribution in [2.45, 2.75) is 19.8 Å². The van der Waals surface area contributed by atoms with Crippen LogP contribution in [-0.2, 0) is 4.79 Å². The van der Waals surface area contributed by atoms with Gasteiger partial charge in [0.15, 0.2) is 0 Å². The molecule has 0 radical (unpaired) electrons. The molecule has 1 atom stereocenters. The fourth-order valence-electron chi connectivity index (χ4n) is 3.21. The summed E-state index contributed by atoms with van der Waals surface area (Å²) in [5, 5.41) is 16.6. The number of nitriles is 1. The molecular formula is C21H21N3O3S. The Morgan fingerprint density at radius 2 is 2.04 bits per heavy atom. The van der Waals surface area contributed by atoms with Gasteiger partial charge in [0.25, 0.3) is 5.91 Å². The van der Waals surface area contributed by atoms with Gasteiger partial charge >= 0.3 is 0 Å². The first-order valence-corrected chi connectivity index (χ1v) is 9.89. The zero-order valence-electron chi connectivity index (χ0n) is 16.1. The Balaban J connectivity index is 2.06. The quantitative estimate of drug-likeness (QED) is 0.785. The van der Waals surface area contributed by atoms with Crippen molar-refractivity contribution in [1.82, 2.24) is 5.32 Å². The van der Waals surface area contributed by atoms with E-state index in [1.807, 2.05) is 44.4 Å². The van der Waals surface area contributed by atoms with Crippen molar-refractivity contribution in [3.63, 3.8) is 0 Å². The van der Waals surface area contributed by atoms with Gasteiger partial charge in [0.2, 0.25) is 0 Å². The fraction of sp³-hybridized carbons (Fsp3) is 0.238. The zero-order valence-corrected chi connectivity index (χ0v) is 16.9. The lowest BCUT2D eigenvalue weighted by Crippen LogP contribution is -2.30. The number of hydrogen-bond donors (Lipinski definition) is 2. The van der Waals surface area contributed by atoms with Crippen LogP contribution in [0.4, 0.5) is 5.69 Å². The van der Waals surface area contributed by atoms with Gasteiger partial charge < -0.3 is 19.8 Å². The summed E-state index contributed by atoms with van der Waals surface area (Å²) in [5.41, 5.74) is 2.13. The lowest BCUT2D eigenvalue weighted by molar-refractivity contribution is -0.113. The number of carbonyl (C=O) groups excluding carboxylic acids is 1. The lowest BCUT2D eigenvalue weighted by Gasteiger charge is -2.28. The molecule has 2 heterocycles. The molecule has 1 aromatic carbocycles. The Bertz CT molecular complexity index is 1010. The van der Waals surface area contributed by atoms with Gasteiger partial charge in [-0.3, -0.25) is 4.79 Å². The molecule has 1 aliphatic heterocycles. The molecule has 2 N–H and O–H groups in total. The molecule has 1 aromatic heterocycles. The molecule has 144 valence electrons. The number of furan rings is 1. The van der Waals surface area contributed by atoms with E-state index < -0.39 is 5.92 Å². The minimum atomic E-state index is -0.586. The summed E-state index contributed by atoms with van der Waals surface area (Å²) in [6.45, 7) is 3.66. The van der Waals surface area contributed by atoms with E-state index in [1.165, 1.54) is 11.8 Å². The Hall–Kier alpha value is -3.11. The second-order valence-electron chi connectivity index (χ2n) is 6.26. The standard InChI is InChI=1S/C21H21N3O3S/c1-12-9-10-17(27-12)19-14(11-22)21(28-4)23-13(2)18(19)20(25)24-15-7-5-6-8-16(15)26-3/h5-10,19,23H,1-4H3,(H,24,25)/t19-/m1/s1. The van der Waals surface area contributed by atoms with Gasteiger partial charge in [-0.15, -0.1) is 11.8 Å². The average molecular weight is 395 g/mol. The highest BCUT2D eigenvalue weighted by Crippen LogP contribution is 2.41. The number of thioether (sulfide) groups is 1. The molecule has 0 fully saturated rings. The summed E-state index contributed by atoms with van der Waals surface area (Å²) in [7, 11) is 1.55. The van der Waals surface area contributed by atoms with Crippen molar-refractivity contribution < 1.29 is 13.9 Å². The number of methoxy groups -OCH3 is 1. The topological polar surface area (TPSA) is 87.3 Å². The Morgan fingerprint density at radius 3 is 2.64 bits per heavy atom. The Labute approximate surface area is 168 Å². The molecule has 1 aliphatic rings. The first-order chi connectivity index (χ1) is 13.5. The van der Waals surface area contributed by atoms with Crippen LogP contribution in [0.5, 0.6) is 5.75 Å². The second kappa shape index (κ2) is 8.28. The third-order valence-electron chi connectivity index (χ3n) is 4.50. The molecule has 2 aromatic rings. The van der Waals surface area contributed by atoms with Gasteiger partial charge in [-0.05, 0) is 44.4 Å². The fourth-order valence-corrected chi connectivity index (χ4v) is 3.84. The molecule has 0 unspecified atom stereocenters. The third-order valence-corrected chi connectivity index (χ3v) is 5.23. The smallest absolute Gasteiger partial charge is 0.254 e. The van der Waals surface area contributed by atoms with Crippen LogP contribution in [0.1, 0.15) is 24.4 Å². The molecule has 0 aliphatic carbocycles. The van der Waals surface area contributed by atoms with E-state index in [0.29, 0.717) is 39.1 Å². The first kappa shape index (κ1) is 19.6. The second-order valence-corrected chi connectivity index (χ2v) is 7.07. The predicted molar refractivity (Wildman–Crippen MR) is 110 cm³/mol. The number of dihydropyridines is 1. The van der Waals surface area contributed by atoms with E-state index in [1.54, 1.807) is 19.2 Å². The van der Waals surface area contributed by atoms with Crippen molar-refractivity contribution in [3.05, 3.63) is 69.8 Å². The number of carbonyl (C=O) groups is 1. The van der Waals surface area contributed by atoms with Crippen LogP contribution in [0.15, 0.2) is 62.7 Å². The number of aryl methyl sites for hydroxylation is 1. The molecule has 0 spiro atoms. The predicted octanol–water partition coefficient (Wildman–Crippen LogP) is 4.29. The van der Waals surface area contributed by atoms with Crippen LogP contribution in [0.2, 0.25) is 0 Å². The molecule has 7 heteroatoms. The summed E-state index contributed by atoms with van der Waals surface area (Å²) in [6, 6.07) is 13.1. The Morgan fingerprint density at radius 1 is 1.29 bits per heavy atom. The molecule has 6 nitrogen and oxygen atoms in total. The van der Waals surface area contributed by atoms with E-state index >= 15 is 0 Å². The maximum atomic E-state index is 13.2. The molecule has 0 bridgehead atoms. The van der Waals surface area contributed by atoms with E-state index in [-0.39, 0.29) is 5.91 Å². The van der Waals surface area contributed by atoms with Gasteiger partial charge in [0.1, 0.15) is 17.3 Å². The molecule has 3 rings (SSSR count). The summed E-state index contributed by atoms with van der Waals surface area (Å²) >= 11 is 1.43. The number of nitrogens with zero attached hydrogens (tertiary/aromatic N) is 1. The number of hydrogen-bond acceptors (Lipinski definition) is 6. The van der Waals surface area contributed by atoms with Crippen LogP contribution in [0.25, 0.3) is 0 Å². The Kier molecular flexibility index (Phi) is 5.81. The van der Waals surface area contributed by atoms with Crippen molar-refractivity contribution in [2.24, 2.45) is 0 Å². The lowest BCUT2D eigenvalue weighted by atomic mass is 9.85. The van der Waals surface area contributed by atoms with Crippen molar-refractivity contribution in [3.8, 4) is 11.8 Å². The van der Waals surface area contributed by atoms with E-state index in [9.17, 15) is 10.1 Å². The van der Waals surface area contributed by atoms with Gasteiger partial charge in [-0.25, -0.2) is 0 Å². The van der Waals surface area contributed by atoms with Crippen LogP contribution in [0, 0.1) is 18.3 Å². The number of ether oxygens (including phenoxy) is 1. The maximum Gasteiger partial charge on any atom is 0.254 e. The summed E-state index contributed by atoms with van der Waals surface area (Å²) in [4.78, 5) is 13.2. The molecule has 0 saturated carbocycles. The van der Waals surface area contributed by atoms with E-state index in [0.717, 1.165) is 5.76 Å². The molecule has 0 saturated heterocycles. The monoisotopic (exact) mass is 395 g/mol. The number of rotatable bonds is 5. The number of para-hydroxylation sites is 2. The van der Waals surface area contributed by atoms with Crippen LogP contribution in [-0.4, -0.2) is 19.3 Å².